The highest BCUT2D eigenvalue weighted by atomic mass is 32.1. The van der Waals surface area contributed by atoms with Gasteiger partial charge in [0.15, 0.2) is 6.61 Å². The Balaban J connectivity index is 1.55. The molecule has 26 heavy (non-hydrogen) atoms. The van der Waals surface area contributed by atoms with Crippen molar-refractivity contribution in [3.63, 3.8) is 0 Å². The van der Waals surface area contributed by atoms with Crippen molar-refractivity contribution in [3.05, 3.63) is 57.5 Å². The Hall–Kier alpha value is -2.60. The average molecular weight is 371 g/mol. The molecular formula is C20H21NO4S. The first-order valence-corrected chi connectivity index (χ1v) is 9.34. The van der Waals surface area contributed by atoms with Gasteiger partial charge < -0.3 is 14.5 Å². The summed E-state index contributed by atoms with van der Waals surface area (Å²) >= 11 is 1.39. The van der Waals surface area contributed by atoms with Gasteiger partial charge in [0.1, 0.15) is 16.2 Å². The number of hydrogen-bond donors (Lipinski definition) is 1. The van der Waals surface area contributed by atoms with Crippen LogP contribution in [-0.4, -0.2) is 18.5 Å². The predicted octanol–water partition coefficient (Wildman–Crippen LogP) is 4.40. The van der Waals surface area contributed by atoms with E-state index < -0.39 is 5.97 Å². The average Bonchev–Trinajstić information content (AvgIpc) is 3.22. The van der Waals surface area contributed by atoms with E-state index in [1.54, 1.807) is 0 Å². The Bertz CT molecular complexity index is 907. The fraction of sp³-hybridized carbons (Fsp3) is 0.300. The van der Waals surface area contributed by atoms with E-state index in [-0.39, 0.29) is 18.6 Å². The molecule has 1 N–H and O–H groups in total. The summed E-state index contributed by atoms with van der Waals surface area (Å²) in [5.74, 6) is -0.174. The number of esters is 1. The zero-order valence-electron chi connectivity index (χ0n) is 15.0. The highest BCUT2D eigenvalue weighted by Crippen LogP contribution is 2.24. The van der Waals surface area contributed by atoms with Crippen molar-refractivity contribution < 1.29 is 18.7 Å². The maximum absolute atomic E-state index is 12.1. The number of ether oxygens (including phenoxy) is 1. The van der Waals surface area contributed by atoms with Crippen LogP contribution in [0.2, 0.25) is 0 Å². The minimum atomic E-state index is -0.468. The number of nitrogens with one attached hydrogen (secondary N) is 1. The molecule has 3 rings (SSSR count). The van der Waals surface area contributed by atoms with Crippen molar-refractivity contribution in [3.8, 4) is 0 Å². The molecule has 5 nitrogen and oxygen atoms in total. The Morgan fingerprint density at radius 3 is 2.73 bits per heavy atom. The first-order valence-electron chi connectivity index (χ1n) is 8.52. The van der Waals surface area contributed by atoms with Crippen molar-refractivity contribution in [2.75, 3.05) is 6.61 Å². The Morgan fingerprint density at radius 1 is 1.27 bits per heavy atom. The van der Waals surface area contributed by atoms with E-state index in [1.807, 2.05) is 57.2 Å². The Morgan fingerprint density at radius 2 is 2.04 bits per heavy atom. The summed E-state index contributed by atoms with van der Waals surface area (Å²) < 4.78 is 10.9. The highest BCUT2D eigenvalue weighted by molar-refractivity contribution is 7.14. The minimum Gasteiger partial charge on any atom is -0.459 e. The summed E-state index contributed by atoms with van der Waals surface area (Å²) in [7, 11) is 0. The zero-order valence-corrected chi connectivity index (χ0v) is 15.8. The summed E-state index contributed by atoms with van der Waals surface area (Å²) in [6.45, 7) is 5.52. The zero-order chi connectivity index (χ0) is 18.7. The summed E-state index contributed by atoms with van der Waals surface area (Å²) in [6.07, 6.45) is 0.866. The first kappa shape index (κ1) is 18.2. The fourth-order valence-electron chi connectivity index (χ4n) is 2.74. The lowest BCUT2D eigenvalue weighted by Crippen LogP contribution is -2.30. The molecule has 0 aliphatic rings. The number of para-hydroxylation sites is 1. The summed E-state index contributed by atoms with van der Waals surface area (Å²) in [4.78, 5) is 25.8. The number of fused-ring (bicyclic) bond motifs is 1. The van der Waals surface area contributed by atoms with Crippen LogP contribution in [0.5, 0.6) is 0 Å². The molecule has 2 heterocycles. The van der Waals surface area contributed by atoms with Crippen LogP contribution in [0.25, 0.3) is 11.0 Å². The van der Waals surface area contributed by atoms with Crippen molar-refractivity contribution in [1.29, 1.82) is 0 Å². The van der Waals surface area contributed by atoms with Gasteiger partial charge in [-0.05, 0) is 44.0 Å². The molecule has 0 spiro atoms. The van der Waals surface area contributed by atoms with E-state index in [0.717, 1.165) is 27.8 Å². The number of benzene rings is 1. The number of carbonyl (C=O) groups is 2. The van der Waals surface area contributed by atoms with Gasteiger partial charge >= 0.3 is 5.97 Å². The maximum Gasteiger partial charge on any atom is 0.348 e. The lowest BCUT2D eigenvalue weighted by molar-refractivity contribution is -0.125. The van der Waals surface area contributed by atoms with Crippen LogP contribution in [0.1, 0.15) is 45.8 Å². The van der Waals surface area contributed by atoms with E-state index >= 15 is 0 Å². The number of hydrogen-bond acceptors (Lipinski definition) is 5. The van der Waals surface area contributed by atoms with E-state index in [0.29, 0.717) is 10.6 Å². The number of aryl methyl sites for hydroxylation is 2. The number of furan rings is 1. The van der Waals surface area contributed by atoms with Gasteiger partial charge in [-0.1, -0.05) is 25.1 Å². The highest BCUT2D eigenvalue weighted by Gasteiger charge is 2.17. The number of amides is 1. The number of rotatable bonds is 6. The van der Waals surface area contributed by atoms with Gasteiger partial charge in [0, 0.05) is 10.3 Å². The maximum atomic E-state index is 12.1. The van der Waals surface area contributed by atoms with Crippen molar-refractivity contribution in [2.24, 2.45) is 0 Å². The lowest BCUT2D eigenvalue weighted by atomic mass is 10.2. The predicted molar refractivity (Wildman–Crippen MR) is 101 cm³/mol. The molecule has 3 aromatic rings. The number of carbonyl (C=O) groups excluding carboxylic acids is 2. The SMILES string of the molecule is CCc1cc(C(=O)OCC(=O)N[C@@H](C)c2cc3ccccc3o2)sc1C. The molecule has 0 saturated carbocycles. The van der Waals surface area contributed by atoms with Crippen molar-refractivity contribution in [2.45, 2.75) is 33.2 Å². The normalized spacial score (nSPS) is 12.1. The van der Waals surface area contributed by atoms with E-state index in [1.165, 1.54) is 11.3 Å². The quantitative estimate of drug-likeness (QED) is 0.652. The van der Waals surface area contributed by atoms with Gasteiger partial charge in [-0.25, -0.2) is 4.79 Å². The molecule has 136 valence electrons. The Labute approximate surface area is 156 Å². The summed E-state index contributed by atoms with van der Waals surface area (Å²) in [5.41, 5.74) is 1.90. The van der Waals surface area contributed by atoms with Crippen LogP contribution in [0.15, 0.2) is 40.8 Å². The molecule has 2 aromatic heterocycles. The fourth-order valence-corrected chi connectivity index (χ4v) is 3.75. The van der Waals surface area contributed by atoms with Gasteiger partial charge in [0.2, 0.25) is 0 Å². The Kier molecular flexibility index (Phi) is 5.42. The van der Waals surface area contributed by atoms with Crippen LogP contribution in [0.4, 0.5) is 0 Å². The van der Waals surface area contributed by atoms with Crippen molar-refractivity contribution in [1.82, 2.24) is 5.32 Å². The molecule has 1 amide bonds. The van der Waals surface area contributed by atoms with Gasteiger partial charge in [0.25, 0.3) is 5.91 Å². The van der Waals surface area contributed by atoms with E-state index in [2.05, 4.69) is 5.32 Å². The van der Waals surface area contributed by atoms with Gasteiger partial charge in [-0.2, -0.15) is 0 Å². The topological polar surface area (TPSA) is 68.5 Å². The van der Waals surface area contributed by atoms with Crippen LogP contribution in [0, 0.1) is 6.92 Å². The van der Waals surface area contributed by atoms with Gasteiger partial charge in [0.05, 0.1) is 6.04 Å². The molecule has 6 heteroatoms. The summed E-state index contributed by atoms with van der Waals surface area (Å²) in [6, 6.07) is 11.1. The van der Waals surface area contributed by atoms with Crippen LogP contribution in [0.3, 0.4) is 0 Å². The molecule has 0 bridgehead atoms. The second-order valence-corrected chi connectivity index (χ2v) is 7.35. The largest absolute Gasteiger partial charge is 0.459 e. The molecule has 0 aliphatic heterocycles. The molecule has 1 atom stereocenters. The molecule has 0 radical (unpaired) electrons. The molecule has 0 fully saturated rings. The second kappa shape index (κ2) is 7.74. The van der Waals surface area contributed by atoms with Crippen LogP contribution >= 0.6 is 11.3 Å². The lowest BCUT2D eigenvalue weighted by Gasteiger charge is -2.11. The van der Waals surface area contributed by atoms with Crippen molar-refractivity contribution >= 4 is 34.2 Å². The molecule has 0 saturated heterocycles. The number of thiophene rings is 1. The second-order valence-electron chi connectivity index (χ2n) is 6.10. The van der Waals surface area contributed by atoms with E-state index in [9.17, 15) is 9.59 Å². The molecule has 0 aliphatic carbocycles. The van der Waals surface area contributed by atoms with Crippen LogP contribution < -0.4 is 5.32 Å². The third kappa shape index (κ3) is 3.96. The first-order chi connectivity index (χ1) is 12.5. The third-order valence-electron chi connectivity index (χ3n) is 4.19. The van der Waals surface area contributed by atoms with E-state index in [4.69, 9.17) is 9.15 Å². The smallest absolute Gasteiger partial charge is 0.348 e. The monoisotopic (exact) mass is 371 g/mol. The molecule has 1 aromatic carbocycles. The minimum absolute atomic E-state index is 0.315. The third-order valence-corrected chi connectivity index (χ3v) is 5.26. The van der Waals surface area contributed by atoms with Gasteiger partial charge in [-0.3, -0.25) is 4.79 Å². The van der Waals surface area contributed by atoms with Gasteiger partial charge in [-0.15, -0.1) is 11.3 Å². The summed E-state index contributed by atoms with van der Waals surface area (Å²) in [5, 5.41) is 3.77. The molecular weight excluding hydrogens is 350 g/mol. The van der Waals surface area contributed by atoms with Crippen LogP contribution in [-0.2, 0) is 16.0 Å². The molecule has 0 unspecified atom stereocenters. The standard InChI is InChI=1S/C20H21NO4S/c1-4-14-10-18(26-13(14)3)20(23)24-11-19(22)21-12(2)17-9-15-7-5-6-8-16(15)25-17/h5-10,12H,4,11H2,1-3H3,(H,21,22)/t12-/m0/s1.